The van der Waals surface area contributed by atoms with Crippen molar-refractivity contribution < 1.29 is 4.79 Å². The monoisotopic (exact) mass is 322 g/mol. The molecule has 0 saturated heterocycles. The summed E-state index contributed by atoms with van der Waals surface area (Å²) in [5, 5.41) is 5.56. The first-order valence-corrected chi connectivity index (χ1v) is 7.51. The minimum absolute atomic E-state index is 0.351. The highest BCUT2D eigenvalue weighted by Gasteiger charge is 2.09. The number of urea groups is 1. The molecule has 0 saturated carbocycles. The van der Waals surface area contributed by atoms with Crippen molar-refractivity contribution >= 4 is 17.5 Å². The molecule has 3 aromatic rings. The van der Waals surface area contributed by atoms with Gasteiger partial charge < -0.3 is 5.32 Å². The molecule has 2 amide bonds. The summed E-state index contributed by atoms with van der Waals surface area (Å²) in [7, 11) is 0. The molecule has 2 aromatic heterocycles. The maximum atomic E-state index is 12.2. The molecule has 0 radical (unpaired) electrons. The number of carbonyl (C=O) groups is 1. The first-order valence-electron chi connectivity index (χ1n) is 7.51. The van der Waals surface area contributed by atoms with Crippen LogP contribution in [0.1, 0.15) is 17.0 Å². The van der Waals surface area contributed by atoms with E-state index in [4.69, 9.17) is 0 Å². The molecule has 2 N–H and O–H groups in total. The lowest BCUT2D eigenvalue weighted by Crippen LogP contribution is -2.21. The summed E-state index contributed by atoms with van der Waals surface area (Å²) in [6.45, 7) is 5.85. The lowest BCUT2D eigenvalue weighted by Gasteiger charge is -2.11. The lowest BCUT2D eigenvalue weighted by molar-refractivity contribution is 0.262. The van der Waals surface area contributed by atoms with Crippen molar-refractivity contribution in [3.05, 3.63) is 59.9 Å². The minimum atomic E-state index is -0.351. The maximum absolute atomic E-state index is 12.2. The largest absolute Gasteiger partial charge is 0.324 e. The van der Waals surface area contributed by atoms with E-state index >= 15 is 0 Å². The molecular weight excluding hydrogens is 304 g/mol. The van der Waals surface area contributed by atoms with Crippen LogP contribution in [0.3, 0.4) is 0 Å². The molecular formula is C17H18N6O. The lowest BCUT2D eigenvalue weighted by atomic mass is 10.1. The SMILES string of the molecule is Cc1cccc(NC(=O)Nc2cc(-n3ccnc3C)ncn2)c1C. The summed E-state index contributed by atoms with van der Waals surface area (Å²) in [4.78, 5) is 24.7. The van der Waals surface area contributed by atoms with E-state index in [1.54, 1.807) is 18.5 Å². The van der Waals surface area contributed by atoms with Gasteiger partial charge in [0, 0.05) is 24.1 Å². The van der Waals surface area contributed by atoms with E-state index in [0.29, 0.717) is 11.6 Å². The van der Waals surface area contributed by atoms with E-state index in [-0.39, 0.29) is 6.03 Å². The number of amides is 2. The Labute approximate surface area is 139 Å². The van der Waals surface area contributed by atoms with Gasteiger partial charge >= 0.3 is 6.03 Å². The van der Waals surface area contributed by atoms with Crippen molar-refractivity contribution in [3.63, 3.8) is 0 Å². The first kappa shape index (κ1) is 15.7. The predicted octanol–water partition coefficient (Wildman–Crippen LogP) is 3.23. The van der Waals surface area contributed by atoms with Crippen LogP contribution < -0.4 is 10.6 Å². The summed E-state index contributed by atoms with van der Waals surface area (Å²) >= 11 is 0. The highest BCUT2D eigenvalue weighted by molar-refractivity contribution is 5.99. The van der Waals surface area contributed by atoms with Gasteiger partial charge in [-0.25, -0.2) is 19.7 Å². The van der Waals surface area contributed by atoms with Gasteiger partial charge in [-0.2, -0.15) is 0 Å². The normalized spacial score (nSPS) is 10.5. The molecule has 0 unspecified atom stereocenters. The zero-order valence-electron chi connectivity index (χ0n) is 13.7. The van der Waals surface area contributed by atoms with Gasteiger partial charge in [-0.3, -0.25) is 9.88 Å². The van der Waals surface area contributed by atoms with Crippen molar-refractivity contribution in [2.75, 3.05) is 10.6 Å². The third-order valence-corrected chi connectivity index (χ3v) is 3.82. The summed E-state index contributed by atoms with van der Waals surface area (Å²) in [6, 6.07) is 7.11. The Bertz CT molecular complexity index is 886. The van der Waals surface area contributed by atoms with Crippen LogP contribution in [0.2, 0.25) is 0 Å². The molecule has 0 fully saturated rings. The third-order valence-electron chi connectivity index (χ3n) is 3.82. The Hall–Kier alpha value is -3.22. The van der Waals surface area contributed by atoms with Gasteiger partial charge in [0.1, 0.15) is 23.8 Å². The van der Waals surface area contributed by atoms with Crippen LogP contribution in [0.25, 0.3) is 5.82 Å². The standard InChI is InChI=1S/C17H18N6O/c1-11-5-4-6-14(12(11)2)21-17(24)22-15-9-16(20-10-19-15)23-8-7-18-13(23)3/h4-10H,1-3H3,(H2,19,20,21,22,24). The number of aromatic nitrogens is 4. The van der Waals surface area contributed by atoms with Crippen molar-refractivity contribution in [2.24, 2.45) is 0 Å². The number of hydrogen-bond donors (Lipinski definition) is 2. The zero-order valence-corrected chi connectivity index (χ0v) is 13.7. The number of nitrogens with one attached hydrogen (secondary N) is 2. The molecule has 0 aliphatic rings. The Morgan fingerprint density at radius 3 is 2.67 bits per heavy atom. The Morgan fingerprint density at radius 2 is 1.92 bits per heavy atom. The van der Waals surface area contributed by atoms with Crippen LogP contribution in [-0.4, -0.2) is 25.6 Å². The van der Waals surface area contributed by atoms with E-state index in [1.165, 1.54) is 6.33 Å². The minimum Gasteiger partial charge on any atom is -0.307 e. The average Bonchev–Trinajstić information content (AvgIpc) is 2.98. The van der Waals surface area contributed by atoms with Gasteiger partial charge in [0.15, 0.2) is 0 Å². The van der Waals surface area contributed by atoms with E-state index < -0.39 is 0 Å². The quantitative estimate of drug-likeness (QED) is 0.775. The van der Waals surface area contributed by atoms with Gasteiger partial charge in [0.2, 0.25) is 0 Å². The predicted molar refractivity (Wildman–Crippen MR) is 92.4 cm³/mol. The smallest absolute Gasteiger partial charge is 0.307 e. The van der Waals surface area contributed by atoms with Gasteiger partial charge in [0.05, 0.1) is 0 Å². The molecule has 0 spiro atoms. The van der Waals surface area contributed by atoms with Gasteiger partial charge in [-0.1, -0.05) is 12.1 Å². The van der Waals surface area contributed by atoms with Gasteiger partial charge in [-0.15, -0.1) is 0 Å². The number of benzene rings is 1. The van der Waals surface area contributed by atoms with Crippen molar-refractivity contribution in [1.29, 1.82) is 0 Å². The number of rotatable bonds is 3. The number of imidazole rings is 1. The molecule has 7 heteroatoms. The molecule has 1 aromatic carbocycles. The van der Waals surface area contributed by atoms with E-state index in [2.05, 4.69) is 25.6 Å². The van der Waals surface area contributed by atoms with E-state index in [1.807, 2.05) is 43.5 Å². The molecule has 3 rings (SSSR count). The summed E-state index contributed by atoms with van der Waals surface area (Å²) in [6.07, 6.45) is 4.90. The van der Waals surface area contributed by atoms with Crippen molar-refractivity contribution in [1.82, 2.24) is 19.5 Å². The molecule has 0 bridgehead atoms. The number of anilines is 2. The number of hydrogen-bond acceptors (Lipinski definition) is 4. The average molecular weight is 322 g/mol. The van der Waals surface area contributed by atoms with E-state index in [0.717, 1.165) is 22.6 Å². The van der Waals surface area contributed by atoms with Crippen LogP contribution in [0.15, 0.2) is 43.0 Å². The molecule has 0 aliphatic heterocycles. The summed E-state index contributed by atoms with van der Waals surface area (Å²) < 4.78 is 1.81. The molecule has 0 atom stereocenters. The van der Waals surface area contributed by atoms with Crippen LogP contribution in [-0.2, 0) is 0 Å². The molecule has 2 heterocycles. The molecule has 122 valence electrons. The first-order chi connectivity index (χ1) is 11.5. The second-order valence-electron chi connectivity index (χ2n) is 5.43. The Morgan fingerprint density at radius 1 is 1.08 bits per heavy atom. The number of aryl methyl sites for hydroxylation is 2. The molecule has 24 heavy (non-hydrogen) atoms. The van der Waals surface area contributed by atoms with Crippen LogP contribution >= 0.6 is 0 Å². The van der Waals surface area contributed by atoms with Crippen LogP contribution in [0.5, 0.6) is 0 Å². The fourth-order valence-electron chi connectivity index (χ4n) is 2.32. The van der Waals surface area contributed by atoms with Gasteiger partial charge in [0.25, 0.3) is 0 Å². The fourth-order valence-corrected chi connectivity index (χ4v) is 2.32. The second-order valence-corrected chi connectivity index (χ2v) is 5.43. The Balaban J connectivity index is 1.75. The summed E-state index contributed by atoms with van der Waals surface area (Å²) in [5.41, 5.74) is 2.92. The third kappa shape index (κ3) is 3.24. The molecule has 7 nitrogen and oxygen atoms in total. The fraction of sp³-hybridized carbons (Fsp3) is 0.176. The molecule has 0 aliphatic carbocycles. The second kappa shape index (κ2) is 6.49. The van der Waals surface area contributed by atoms with Crippen LogP contribution in [0.4, 0.5) is 16.3 Å². The number of nitrogens with zero attached hydrogens (tertiary/aromatic N) is 4. The zero-order chi connectivity index (χ0) is 17.1. The highest BCUT2D eigenvalue weighted by Crippen LogP contribution is 2.18. The maximum Gasteiger partial charge on any atom is 0.324 e. The van der Waals surface area contributed by atoms with Crippen molar-refractivity contribution in [3.8, 4) is 5.82 Å². The van der Waals surface area contributed by atoms with Gasteiger partial charge in [-0.05, 0) is 38.0 Å². The van der Waals surface area contributed by atoms with E-state index in [9.17, 15) is 4.79 Å². The highest BCUT2D eigenvalue weighted by atomic mass is 16.2. The summed E-state index contributed by atoms with van der Waals surface area (Å²) in [5.74, 6) is 1.86. The number of carbonyl (C=O) groups excluding carboxylic acids is 1. The Kier molecular flexibility index (Phi) is 4.24. The van der Waals surface area contributed by atoms with Crippen molar-refractivity contribution in [2.45, 2.75) is 20.8 Å². The van der Waals surface area contributed by atoms with Crippen LogP contribution in [0, 0.1) is 20.8 Å². The topological polar surface area (TPSA) is 84.7 Å².